The van der Waals surface area contributed by atoms with Gasteiger partial charge in [-0.15, -0.1) is 0 Å². The van der Waals surface area contributed by atoms with Crippen LogP contribution < -0.4 is 10.6 Å². The van der Waals surface area contributed by atoms with Crippen LogP contribution in [0, 0.1) is 0 Å². The summed E-state index contributed by atoms with van der Waals surface area (Å²) >= 11 is 0. The first-order valence-electron chi connectivity index (χ1n) is 10.3. The number of rotatable bonds is 4. The predicted molar refractivity (Wildman–Crippen MR) is 114 cm³/mol. The van der Waals surface area contributed by atoms with Crippen molar-refractivity contribution in [3.05, 3.63) is 46.8 Å². The molecule has 0 bridgehead atoms. The third-order valence-corrected chi connectivity index (χ3v) is 7.28. The quantitative estimate of drug-likeness (QED) is 0.721. The Morgan fingerprint density at radius 3 is 2.58 bits per heavy atom. The molecule has 0 aliphatic carbocycles. The maximum absolute atomic E-state index is 13.5. The number of hydrogen-bond acceptors (Lipinski definition) is 6. The zero-order valence-electron chi connectivity index (χ0n) is 18.0. The van der Waals surface area contributed by atoms with Crippen molar-refractivity contribution in [2.24, 2.45) is 0 Å². The second kappa shape index (κ2) is 7.76. The van der Waals surface area contributed by atoms with Crippen LogP contribution in [-0.2, 0) is 27.6 Å². The largest absolute Gasteiger partial charge is 0.357 e. The minimum absolute atomic E-state index is 0.176. The van der Waals surface area contributed by atoms with Crippen molar-refractivity contribution in [2.45, 2.75) is 49.8 Å². The molecule has 4 rings (SSSR count). The summed E-state index contributed by atoms with van der Waals surface area (Å²) < 4.78 is 25.1. The van der Waals surface area contributed by atoms with Crippen molar-refractivity contribution < 1.29 is 18.0 Å². The predicted octanol–water partition coefficient (Wildman–Crippen LogP) is 0.825. The Kier molecular flexibility index (Phi) is 5.38. The highest BCUT2D eigenvalue weighted by molar-refractivity contribution is 7.90. The summed E-state index contributed by atoms with van der Waals surface area (Å²) in [6.07, 6.45) is 1.86. The number of nitrogens with zero attached hydrogens (tertiary/aromatic N) is 3. The van der Waals surface area contributed by atoms with E-state index in [1.807, 2.05) is 6.92 Å². The normalized spacial score (nSPS) is 21.9. The number of likely N-dealkylation sites (N-methyl/N-ethyl adjacent to an activating group) is 1. The number of nitrogens with one attached hydrogen (secondary N) is 2. The van der Waals surface area contributed by atoms with Gasteiger partial charge in [-0.25, -0.2) is 13.1 Å². The SMILES string of the molecule is CNC(=O)C1CN([C@@H](C)c2ccc(S(C)(=O)=O)cc2)C(=O)c2c3c(nn21)CC(C)NC3. The van der Waals surface area contributed by atoms with Crippen LogP contribution in [0.5, 0.6) is 0 Å². The summed E-state index contributed by atoms with van der Waals surface area (Å²) in [6, 6.07) is 5.80. The minimum Gasteiger partial charge on any atom is -0.357 e. The molecule has 3 atom stereocenters. The average Bonchev–Trinajstić information content (AvgIpc) is 3.11. The molecular formula is C21H27N5O4S. The van der Waals surface area contributed by atoms with E-state index in [0.29, 0.717) is 18.7 Å². The Morgan fingerprint density at radius 2 is 1.97 bits per heavy atom. The van der Waals surface area contributed by atoms with Gasteiger partial charge in [0.2, 0.25) is 5.91 Å². The number of carbonyl (C=O) groups is 2. The van der Waals surface area contributed by atoms with E-state index in [0.717, 1.165) is 23.1 Å². The first-order chi connectivity index (χ1) is 14.6. The van der Waals surface area contributed by atoms with Crippen LogP contribution in [0.25, 0.3) is 0 Å². The molecular weight excluding hydrogens is 418 g/mol. The third-order valence-electron chi connectivity index (χ3n) is 6.15. The third kappa shape index (κ3) is 3.74. The molecule has 2 unspecified atom stereocenters. The fourth-order valence-corrected chi connectivity index (χ4v) is 4.94. The van der Waals surface area contributed by atoms with Crippen LogP contribution in [0.2, 0.25) is 0 Å². The van der Waals surface area contributed by atoms with Gasteiger partial charge in [0.1, 0.15) is 11.7 Å². The molecule has 31 heavy (non-hydrogen) atoms. The molecule has 3 heterocycles. The van der Waals surface area contributed by atoms with Gasteiger partial charge in [0, 0.05) is 37.9 Å². The summed E-state index contributed by atoms with van der Waals surface area (Å²) in [6.45, 7) is 4.66. The van der Waals surface area contributed by atoms with Crippen LogP contribution >= 0.6 is 0 Å². The van der Waals surface area contributed by atoms with Gasteiger partial charge in [-0.2, -0.15) is 5.10 Å². The number of aromatic nitrogens is 2. The van der Waals surface area contributed by atoms with E-state index in [9.17, 15) is 18.0 Å². The van der Waals surface area contributed by atoms with Crippen LogP contribution in [0.1, 0.15) is 53.2 Å². The van der Waals surface area contributed by atoms with Gasteiger partial charge >= 0.3 is 0 Å². The Hall–Kier alpha value is -2.72. The van der Waals surface area contributed by atoms with E-state index >= 15 is 0 Å². The molecule has 0 radical (unpaired) electrons. The summed E-state index contributed by atoms with van der Waals surface area (Å²) in [5, 5.41) is 10.7. The van der Waals surface area contributed by atoms with E-state index in [1.54, 1.807) is 40.9 Å². The Bertz CT molecular complexity index is 1140. The Balaban J connectivity index is 1.73. The molecule has 10 heteroatoms. The summed E-state index contributed by atoms with van der Waals surface area (Å²) in [5.74, 6) is -0.385. The van der Waals surface area contributed by atoms with E-state index in [-0.39, 0.29) is 35.3 Å². The van der Waals surface area contributed by atoms with Crippen molar-refractivity contribution in [2.75, 3.05) is 19.8 Å². The number of fused-ring (bicyclic) bond motifs is 3. The fourth-order valence-electron chi connectivity index (χ4n) is 4.31. The van der Waals surface area contributed by atoms with Crippen molar-refractivity contribution in [3.8, 4) is 0 Å². The van der Waals surface area contributed by atoms with Crippen molar-refractivity contribution in [1.82, 2.24) is 25.3 Å². The number of amides is 2. The molecule has 1 aromatic carbocycles. The van der Waals surface area contributed by atoms with Gasteiger partial charge in [-0.1, -0.05) is 12.1 Å². The smallest absolute Gasteiger partial charge is 0.273 e. The molecule has 2 aliphatic rings. The molecule has 2 N–H and O–H groups in total. The van der Waals surface area contributed by atoms with E-state index in [1.165, 1.54) is 0 Å². The number of hydrogen-bond donors (Lipinski definition) is 2. The van der Waals surface area contributed by atoms with E-state index < -0.39 is 15.9 Å². The molecule has 0 saturated carbocycles. The fraction of sp³-hybridized carbons (Fsp3) is 0.476. The second-order valence-corrected chi connectivity index (χ2v) is 10.3. The molecule has 2 amide bonds. The van der Waals surface area contributed by atoms with Gasteiger partial charge in [0.15, 0.2) is 9.84 Å². The molecule has 1 aromatic heterocycles. The molecule has 166 valence electrons. The molecule has 0 fully saturated rings. The number of sulfone groups is 1. The lowest BCUT2D eigenvalue weighted by molar-refractivity contribution is -0.125. The van der Waals surface area contributed by atoms with Crippen LogP contribution in [0.4, 0.5) is 0 Å². The second-order valence-electron chi connectivity index (χ2n) is 8.31. The summed E-state index contributed by atoms with van der Waals surface area (Å²) in [4.78, 5) is 28.1. The van der Waals surface area contributed by atoms with Gasteiger partial charge in [-0.3, -0.25) is 9.59 Å². The highest BCUT2D eigenvalue weighted by Crippen LogP contribution is 2.33. The maximum Gasteiger partial charge on any atom is 0.273 e. The van der Waals surface area contributed by atoms with E-state index in [4.69, 9.17) is 0 Å². The summed E-state index contributed by atoms with van der Waals surface area (Å²) in [5.41, 5.74) is 2.95. The maximum atomic E-state index is 13.5. The van der Waals surface area contributed by atoms with Gasteiger partial charge in [-0.05, 0) is 31.5 Å². The highest BCUT2D eigenvalue weighted by atomic mass is 32.2. The standard InChI is InChI=1S/C21H27N5O4S/c1-12-9-17-16(10-23-12)19-21(28)25(11-18(20(27)22-3)26(19)24-17)13(2)14-5-7-15(8-6-14)31(4,29)30/h5-8,12-13,18,23H,9-11H2,1-4H3,(H,22,27)/t12?,13-,18?/m0/s1. The van der Waals surface area contributed by atoms with Crippen molar-refractivity contribution in [3.63, 3.8) is 0 Å². The van der Waals surface area contributed by atoms with Gasteiger partial charge in [0.05, 0.1) is 23.2 Å². The zero-order valence-corrected chi connectivity index (χ0v) is 18.9. The van der Waals surface area contributed by atoms with Crippen LogP contribution in [-0.4, -0.2) is 60.8 Å². The Morgan fingerprint density at radius 1 is 1.29 bits per heavy atom. The Labute approximate surface area is 181 Å². The monoisotopic (exact) mass is 445 g/mol. The van der Waals surface area contributed by atoms with Crippen LogP contribution in [0.3, 0.4) is 0 Å². The molecule has 0 saturated heterocycles. The topological polar surface area (TPSA) is 113 Å². The molecule has 2 aromatic rings. The van der Waals surface area contributed by atoms with Gasteiger partial charge < -0.3 is 15.5 Å². The van der Waals surface area contributed by atoms with Crippen LogP contribution in [0.15, 0.2) is 29.2 Å². The lowest BCUT2D eigenvalue weighted by Crippen LogP contribution is -2.49. The van der Waals surface area contributed by atoms with Gasteiger partial charge in [0.25, 0.3) is 5.91 Å². The zero-order chi connectivity index (χ0) is 22.5. The summed E-state index contributed by atoms with van der Waals surface area (Å²) in [7, 11) is -1.73. The first-order valence-corrected chi connectivity index (χ1v) is 12.2. The minimum atomic E-state index is -3.30. The average molecular weight is 446 g/mol. The number of carbonyl (C=O) groups excluding carboxylic acids is 2. The molecule has 2 aliphatic heterocycles. The first kappa shape index (κ1) is 21.5. The molecule has 0 spiro atoms. The van der Waals surface area contributed by atoms with E-state index in [2.05, 4.69) is 22.7 Å². The molecule has 9 nitrogen and oxygen atoms in total. The van der Waals surface area contributed by atoms with Crippen molar-refractivity contribution in [1.29, 1.82) is 0 Å². The van der Waals surface area contributed by atoms with Crippen molar-refractivity contribution >= 4 is 21.7 Å². The lowest BCUT2D eigenvalue weighted by Gasteiger charge is -2.37. The highest BCUT2D eigenvalue weighted by Gasteiger charge is 2.41. The number of benzene rings is 1. The lowest BCUT2D eigenvalue weighted by atomic mass is 9.98.